The van der Waals surface area contributed by atoms with Gasteiger partial charge in [0.2, 0.25) is 0 Å². The Balaban J connectivity index is 0.000000109. The topological polar surface area (TPSA) is 104 Å². The number of imidazole rings is 3. The van der Waals surface area contributed by atoms with E-state index < -0.39 is 0 Å². The molecule has 3 aliphatic heterocycles. The van der Waals surface area contributed by atoms with Crippen molar-refractivity contribution in [1.82, 2.24) is 43.6 Å². The van der Waals surface area contributed by atoms with E-state index in [1.165, 1.54) is 106 Å². The van der Waals surface area contributed by atoms with Crippen molar-refractivity contribution in [3.63, 3.8) is 0 Å². The van der Waals surface area contributed by atoms with Gasteiger partial charge >= 0.3 is 0 Å². The van der Waals surface area contributed by atoms with Gasteiger partial charge < -0.3 is 0 Å². The maximum absolute atomic E-state index is 4.89. The van der Waals surface area contributed by atoms with Crippen LogP contribution in [0.3, 0.4) is 0 Å². The molecule has 372 valence electrons. The van der Waals surface area contributed by atoms with E-state index in [4.69, 9.17) is 15.0 Å². The molecule has 6 aromatic heterocycles. The Hall–Kier alpha value is -9.03. The largest absolute Gasteiger partial charge is 0.296 e. The Morgan fingerprint density at radius 3 is 1.11 bits per heavy atom. The average molecular weight is 996 g/mol. The van der Waals surface area contributed by atoms with Gasteiger partial charge in [0.05, 0.1) is 71.3 Å². The van der Waals surface area contributed by atoms with Crippen molar-refractivity contribution >= 4 is 33.1 Å². The SMILES string of the molecule is Cc1cc(-c2c(C)c(C)cc3c2Cc2nc4ccccc4n2-3)[n+](C)cn1.Cc1cc(-c2c(C)ccc3c2Cc2nc4ccccc4n2-3)[n+](C)cn1.Cc1cc(-c2c(C)ccc3c2Cc2nc4ccccc4n2-3)[n+](C)cn1. The summed E-state index contributed by atoms with van der Waals surface area (Å²) in [6, 6.07) is 42.8. The lowest BCUT2D eigenvalue weighted by Crippen LogP contribution is -2.32. The van der Waals surface area contributed by atoms with Crippen molar-refractivity contribution in [3.8, 4) is 50.8 Å². The summed E-state index contributed by atoms with van der Waals surface area (Å²) < 4.78 is 13.3. The lowest BCUT2D eigenvalue weighted by molar-refractivity contribution is -0.663. The molecule has 0 radical (unpaired) electrons. The van der Waals surface area contributed by atoms with E-state index in [0.717, 1.165) is 70.4 Å². The zero-order valence-corrected chi connectivity index (χ0v) is 44.8. The molecule has 0 spiro atoms. The molecule has 0 unspecified atom stereocenters. The molecule has 76 heavy (non-hydrogen) atoms. The standard InChI is InChI=1S/C22H21N4.2C21H19N4/c1-13-9-19-16(11-21-24-17-7-5-6-8-18(17)26(19)21)22(15(13)3)20-10-14(2)23-12-25(20)4;2*1-13-8-9-17-15(21(13)19-10-14(2)22-12-24(19)3)11-20-23-16-6-4-5-7-18(16)25(17)20/h5-10,12H,11H2,1-4H3;2*4-10,12H,11H2,1-3H3/q3*+1. The molecule has 0 bridgehead atoms. The Bertz CT molecular complexity index is 4210. The monoisotopic (exact) mass is 995 g/mol. The van der Waals surface area contributed by atoms with E-state index in [0.29, 0.717) is 0 Å². The minimum absolute atomic E-state index is 0.863. The zero-order valence-electron chi connectivity index (χ0n) is 44.8. The Morgan fingerprint density at radius 1 is 0.368 bits per heavy atom. The van der Waals surface area contributed by atoms with Crippen LogP contribution in [0.5, 0.6) is 0 Å². The van der Waals surface area contributed by atoms with Crippen molar-refractivity contribution in [1.29, 1.82) is 0 Å². The lowest BCUT2D eigenvalue weighted by Gasteiger charge is -2.15. The van der Waals surface area contributed by atoms with Crippen LogP contribution in [0.2, 0.25) is 0 Å². The molecule has 0 saturated carbocycles. The summed E-state index contributed by atoms with van der Waals surface area (Å²) in [5.41, 5.74) is 30.5. The van der Waals surface area contributed by atoms with Crippen LogP contribution in [0, 0.1) is 48.5 Å². The second-order valence-corrected chi connectivity index (χ2v) is 20.9. The molecule has 0 amide bonds. The number of aryl methyl sites for hydroxylation is 9. The first-order valence-corrected chi connectivity index (χ1v) is 26.1. The molecule has 12 nitrogen and oxygen atoms in total. The van der Waals surface area contributed by atoms with Gasteiger partial charge in [-0.1, -0.05) is 63.5 Å². The summed E-state index contributed by atoms with van der Waals surface area (Å²) in [5.74, 6) is 3.37. The third kappa shape index (κ3) is 7.45. The van der Waals surface area contributed by atoms with E-state index in [1.807, 2.05) is 51.9 Å². The fraction of sp³-hybridized carbons (Fsp3) is 0.203. The van der Waals surface area contributed by atoms with E-state index >= 15 is 0 Å². The van der Waals surface area contributed by atoms with Gasteiger partial charge in [0.1, 0.15) is 34.6 Å². The molecule has 0 N–H and O–H groups in total. The average Bonchev–Trinajstić information content (AvgIpc) is 4.30. The predicted octanol–water partition coefficient (Wildman–Crippen LogP) is 10.6. The third-order valence-corrected chi connectivity index (χ3v) is 15.8. The van der Waals surface area contributed by atoms with Gasteiger partial charge in [0.15, 0.2) is 17.1 Å². The summed E-state index contributed by atoms with van der Waals surface area (Å²) >= 11 is 0. The van der Waals surface area contributed by atoms with Gasteiger partial charge in [-0.15, -0.1) is 0 Å². The minimum Gasteiger partial charge on any atom is -0.296 e. The Kier molecular flexibility index (Phi) is 11.0. The molecule has 3 aliphatic rings. The second-order valence-electron chi connectivity index (χ2n) is 20.9. The number of rotatable bonds is 3. The highest BCUT2D eigenvalue weighted by Gasteiger charge is 2.32. The number of fused-ring (bicyclic) bond motifs is 15. The number of nitrogens with zero attached hydrogens (tertiary/aromatic N) is 12. The highest BCUT2D eigenvalue weighted by atomic mass is 15.1. The van der Waals surface area contributed by atoms with Crippen molar-refractivity contribution in [2.75, 3.05) is 0 Å². The maximum Gasteiger partial charge on any atom is 0.286 e. The van der Waals surface area contributed by atoms with E-state index in [9.17, 15) is 0 Å². The first kappa shape index (κ1) is 46.7. The summed E-state index contributed by atoms with van der Waals surface area (Å²) in [6.45, 7) is 14.9. The number of aromatic nitrogens is 12. The quantitative estimate of drug-likeness (QED) is 0.163. The van der Waals surface area contributed by atoms with Gasteiger partial charge in [0.25, 0.3) is 19.0 Å². The number of hydrogen-bond acceptors (Lipinski definition) is 6. The van der Waals surface area contributed by atoms with E-state index in [-0.39, 0.29) is 0 Å². The van der Waals surface area contributed by atoms with Crippen LogP contribution in [0.15, 0.2) is 140 Å². The summed E-state index contributed by atoms with van der Waals surface area (Å²) in [4.78, 5) is 27.8. The number of benzene rings is 6. The Labute approximate surface area is 442 Å². The normalized spacial score (nSPS) is 12.4. The van der Waals surface area contributed by atoms with Crippen LogP contribution in [-0.2, 0) is 40.4 Å². The fourth-order valence-corrected chi connectivity index (χ4v) is 12.0. The van der Waals surface area contributed by atoms with Crippen molar-refractivity contribution in [3.05, 3.63) is 214 Å². The smallest absolute Gasteiger partial charge is 0.286 e. The van der Waals surface area contributed by atoms with Gasteiger partial charge in [-0.05, 0) is 121 Å². The van der Waals surface area contributed by atoms with Crippen LogP contribution in [0.4, 0.5) is 0 Å². The maximum atomic E-state index is 4.89. The van der Waals surface area contributed by atoms with Crippen molar-refractivity contribution < 1.29 is 13.7 Å². The Morgan fingerprint density at radius 2 is 0.711 bits per heavy atom. The van der Waals surface area contributed by atoms with Crippen molar-refractivity contribution in [2.45, 2.75) is 67.7 Å². The van der Waals surface area contributed by atoms with Crippen LogP contribution >= 0.6 is 0 Å². The van der Waals surface area contributed by atoms with Crippen molar-refractivity contribution in [2.24, 2.45) is 21.1 Å². The van der Waals surface area contributed by atoms with Crippen LogP contribution in [-0.4, -0.2) is 43.6 Å². The molecule has 9 heterocycles. The van der Waals surface area contributed by atoms with Crippen LogP contribution < -0.4 is 13.7 Å². The molecule has 0 saturated heterocycles. The molecule has 15 rings (SSSR count). The highest BCUT2D eigenvalue weighted by Crippen LogP contribution is 2.42. The highest BCUT2D eigenvalue weighted by molar-refractivity contribution is 5.86. The lowest BCUT2D eigenvalue weighted by atomic mass is 9.92. The molecule has 0 atom stereocenters. The van der Waals surface area contributed by atoms with E-state index in [1.54, 1.807) is 0 Å². The summed E-state index contributed by atoms with van der Waals surface area (Å²) in [5, 5.41) is 0. The number of hydrogen-bond donors (Lipinski definition) is 0. The van der Waals surface area contributed by atoms with Gasteiger partial charge in [-0.2, -0.15) is 0 Å². The fourth-order valence-electron chi connectivity index (χ4n) is 12.0. The third-order valence-electron chi connectivity index (χ3n) is 15.8. The van der Waals surface area contributed by atoms with Gasteiger partial charge in [-0.3, -0.25) is 13.7 Å². The molecule has 12 heteroatoms. The first-order chi connectivity index (χ1) is 36.8. The zero-order chi connectivity index (χ0) is 52.3. The van der Waals surface area contributed by atoms with Gasteiger partial charge in [0, 0.05) is 74.9 Å². The second kappa shape index (κ2) is 17.8. The molecular weight excluding hydrogens is 937 g/mol. The summed E-state index contributed by atoms with van der Waals surface area (Å²) in [6.07, 6.45) is 8.28. The first-order valence-electron chi connectivity index (χ1n) is 26.1. The predicted molar refractivity (Wildman–Crippen MR) is 298 cm³/mol. The van der Waals surface area contributed by atoms with Gasteiger partial charge in [-0.25, -0.2) is 28.7 Å². The number of para-hydroxylation sites is 6. The molecule has 12 aromatic rings. The molecule has 6 aromatic carbocycles. The molecule has 0 aliphatic carbocycles. The van der Waals surface area contributed by atoms with Crippen LogP contribution in [0.25, 0.3) is 83.9 Å². The molecule has 0 fully saturated rings. The summed E-state index contributed by atoms with van der Waals surface area (Å²) in [7, 11) is 6.19. The molecular formula is C64H59N12+3. The van der Waals surface area contributed by atoms with Crippen LogP contribution in [0.1, 0.15) is 73.5 Å². The van der Waals surface area contributed by atoms with E-state index in [2.05, 4.69) is 200 Å². The minimum atomic E-state index is 0.863.